The topological polar surface area (TPSA) is 120 Å². The third kappa shape index (κ3) is 5.33. The van der Waals surface area contributed by atoms with Gasteiger partial charge in [-0.25, -0.2) is 9.97 Å². The summed E-state index contributed by atoms with van der Waals surface area (Å²) in [5.74, 6) is 0.778. The number of oxime groups is 1. The predicted molar refractivity (Wildman–Crippen MR) is 109 cm³/mol. The molecular formula is C17H19ClN8O2S. The lowest BCUT2D eigenvalue weighted by Crippen LogP contribution is -2.27. The second-order valence-electron chi connectivity index (χ2n) is 7.04. The molecule has 3 rings (SSSR count). The average Bonchev–Trinajstić information content (AvgIpc) is 3.28. The molecule has 0 aliphatic carbocycles. The Hall–Kier alpha value is -2.92. The number of aromatic nitrogens is 6. The molecule has 12 heteroatoms. The standard InChI is InChI=1S/C17H19ClN8O2S/c1-10-22-24-25-26(10)14(11-5-6-13(18)19-7-11)23-28-8-12-9-29-16(20-12)21-15(27)17(2,3)4/h5-7,9H,8H2,1-4H3,(H,20,21,27). The van der Waals surface area contributed by atoms with Crippen LogP contribution in [-0.2, 0) is 16.2 Å². The van der Waals surface area contributed by atoms with Crippen molar-refractivity contribution in [3.05, 3.63) is 45.9 Å². The molecule has 0 aliphatic heterocycles. The van der Waals surface area contributed by atoms with Crippen molar-refractivity contribution in [2.75, 3.05) is 5.32 Å². The van der Waals surface area contributed by atoms with E-state index in [9.17, 15) is 4.79 Å². The van der Waals surface area contributed by atoms with E-state index in [1.807, 2.05) is 20.8 Å². The quantitative estimate of drug-likeness (QED) is 0.283. The molecule has 3 aromatic heterocycles. The van der Waals surface area contributed by atoms with Crippen LogP contribution in [0.25, 0.3) is 0 Å². The number of halogens is 1. The number of hydrogen-bond acceptors (Lipinski definition) is 9. The van der Waals surface area contributed by atoms with Gasteiger partial charge in [0, 0.05) is 22.6 Å². The van der Waals surface area contributed by atoms with Crippen molar-refractivity contribution >= 4 is 39.8 Å². The van der Waals surface area contributed by atoms with Gasteiger partial charge >= 0.3 is 0 Å². The number of carbonyl (C=O) groups excluding carboxylic acids is 1. The second-order valence-corrected chi connectivity index (χ2v) is 8.29. The normalized spacial score (nSPS) is 12.1. The van der Waals surface area contributed by atoms with E-state index in [4.69, 9.17) is 16.4 Å². The summed E-state index contributed by atoms with van der Waals surface area (Å²) in [4.78, 5) is 25.9. The maximum Gasteiger partial charge on any atom is 0.231 e. The third-order valence-electron chi connectivity index (χ3n) is 3.63. The molecule has 0 saturated carbocycles. The molecule has 0 spiro atoms. The Morgan fingerprint density at radius 3 is 2.79 bits per heavy atom. The van der Waals surface area contributed by atoms with Crippen molar-refractivity contribution in [3.63, 3.8) is 0 Å². The first-order valence-corrected chi connectivity index (χ1v) is 9.83. The molecular weight excluding hydrogens is 416 g/mol. The van der Waals surface area contributed by atoms with E-state index in [-0.39, 0.29) is 12.5 Å². The molecule has 0 atom stereocenters. The van der Waals surface area contributed by atoms with E-state index in [1.54, 1.807) is 30.6 Å². The summed E-state index contributed by atoms with van der Waals surface area (Å²) in [7, 11) is 0. The van der Waals surface area contributed by atoms with Crippen molar-refractivity contribution in [2.24, 2.45) is 10.6 Å². The number of tetrazole rings is 1. The fourth-order valence-electron chi connectivity index (χ4n) is 2.02. The summed E-state index contributed by atoms with van der Waals surface area (Å²) in [5.41, 5.74) is 0.754. The van der Waals surface area contributed by atoms with Gasteiger partial charge in [-0.2, -0.15) is 4.68 Å². The highest BCUT2D eigenvalue weighted by atomic mass is 35.5. The Bertz CT molecular complexity index is 1020. The zero-order valence-electron chi connectivity index (χ0n) is 16.2. The van der Waals surface area contributed by atoms with Crippen LogP contribution in [0.4, 0.5) is 5.13 Å². The van der Waals surface area contributed by atoms with Gasteiger partial charge in [-0.15, -0.1) is 16.4 Å². The van der Waals surface area contributed by atoms with Crippen LogP contribution in [-0.4, -0.2) is 41.9 Å². The number of rotatable bonds is 5. The first-order valence-electron chi connectivity index (χ1n) is 8.57. The summed E-state index contributed by atoms with van der Waals surface area (Å²) in [6, 6.07) is 3.37. The number of aryl methyl sites for hydroxylation is 1. The molecule has 1 amide bonds. The third-order valence-corrected chi connectivity index (χ3v) is 4.66. The molecule has 152 valence electrons. The van der Waals surface area contributed by atoms with Gasteiger partial charge in [-0.3, -0.25) is 4.79 Å². The summed E-state index contributed by atoms with van der Waals surface area (Å²) >= 11 is 7.17. The van der Waals surface area contributed by atoms with Gasteiger partial charge in [0.2, 0.25) is 11.7 Å². The number of nitrogens with zero attached hydrogens (tertiary/aromatic N) is 7. The minimum Gasteiger partial charge on any atom is -0.387 e. The molecule has 10 nitrogen and oxygen atoms in total. The van der Waals surface area contributed by atoms with Crippen molar-refractivity contribution in [1.82, 2.24) is 30.2 Å². The number of nitrogens with one attached hydrogen (secondary N) is 1. The summed E-state index contributed by atoms with van der Waals surface area (Å²) in [5, 5.41) is 21.0. The molecule has 1 N–H and O–H groups in total. The first kappa shape index (κ1) is 20.8. The lowest BCUT2D eigenvalue weighted by molar-refractivity contribution is -0.123. The zero-order valence-corrected chi connectivity index (χ0v) is 17.8. The largest absolute Gasteiger partial charge is 0.387 e. The van der Waals surface area contributed by atoms with Crippen LogP contribution in [0.5, 0.6) is 0 Å². The number of anilines is 1. The Labute approximate surface area is 176 Å². The van der Waals surface area contributed by atoms with E-state index in [1.165, 1.54) is 16.0 Å². The highest BCUT2D eigenvalue weighted by molar-refractivity contribution is 7.13. The van der Waals surface area contributed by atoms with Gasteiger partial charge in [0.15, 0.2) is 17.6 Å². The van der Waals surface area contributed by atoms with Gasteiger partial charge in [0.05, 0.1) is 5.69 Å². The number of carbonyl (C=O) groups is 1. The highest BCUT2D eigenvalue weighted by Crippen LogP contribution is 2.21. The van der Waals surface area contributed by atoms with E-state index in [0.29, 0.717) is 33.2 Å². The highest BCUT2D eigenvalue weighted by Gasteiger charge is 2.22. The molecule has 0 saturated heterocycles. The minimum atomic E-state index is -0.502. The molecule has 3 heterocycles. The SMILES string of the molecule is Cc1nnnn1C(=NOCc1csc(NC(=O)C(C)(C)C)n1)c1ccc(Cl)nc1. The lowest BCUT2D eigenvalue weighted by Gasteiger charge is -2.15. The average molecular weight is 435 g/mol. The van der Waals surface area contributed by atoms with Gasteiger partial charge in [-0.05, 0) is 29.5 Å². The molecule has 0 aromatic carbocycles. The molecule has 0 aliphatic rings. The van der Waals surface area contributed by atoms with E-state index < -0.39 is 5.41 Å². The molecule has 0 fully saturated rings. The summed E-state index contributed by atoms with van der Waals surface area (Å²) < 4.78 is 1.43. The van der Waals surface area contributed by atoms with Gasteiger partial charge < -0.3 is 10.2 Å². The van der Waals surface area contributed by atoms with E-state index in [0.717, 1.165) is 0 Å². The van der Waals surface area contributed by atoms with Gasteiger partial charge in [0.1, 0.15) is 5.15 Å². The number of thiazole rings is 1. The van der Waals surface area contributed by atoms with E-state index in [2.05, 4.69) is 36.0 Å². The molecule has 29 heavy (non-hydrogen) atoms. The Balaban J connectivity index is 1.73. The fourth-order valence-corrected chi connectivity index (χ4v) is 2.83. The number of pyridine rings is 1. The second kappa shape index (κ2) is 8.62. The maximum absolute atomic E-state index is 12.1. The van der Waals surface area contributed by atoms with Gasteiger partial charge in [-0.1, -0.05) is 37.5 Å². The van der Waals surface area contributed by atoms with Crippen molar-refractivity contribution in [1.29, 1.82) is 0 Å². The smallest absolute Gasteiger partial charge is 0.231 e. The molecule has 0 bridgehead atoms. The van der Waals surface area contributed by atoms with E-state index >= 15 is 0 Å². The minimum absolute atomic E-state index is 0.105. The molecule has 0 unspecified atom stereocenters. The molecule has 0 radical (unpaired) electrons. The van der Waals surface area contributed by atoms with Crippen LogP contribution in [0.2, 0.25) is 5.15 Å². The molecule has 3 aromatic rings. The van der Waals surface area contributed by atoms with Gasteiger partial charge in [0.25, 0.3) is 0 Å². The zero-order chi connectivity index (χ0) is 21.0. The maximum atomic E-state index is 12.1. The van der Waals surface area contributed by atoms with Crippen LogP contribution in [0.15, 0.2) is 28.9 Å². The number of amides is 1. The Kier molecular flexibility index (Phi) is 6.18. The van der Waals surface area contributed by atoms with Crippen LogP contribution in [0.3, 0.4) is 0 Å². The summed E-state index contributed by atoms with van der Waals surface area (Å²) in [6.07, 6.45) is 1.55. The predicted octanol–water partition coefficient (Wildman–Crippen LogP) is 2.90. The van der Waals surface area contributed by atoms with Crippen LogP contribution in [0.1, 0.15) is 37.9 Å². The lowest BCUT2D eigenvalue weighted by atomic mass is 9.96. The first-order chi connectivity index (χ1) is 13.7. The van der Waals surface area contributed by atoms with Crippen molar-refractivity contribution in [2.45, 2.75) is 34.3 Å². The van der Waals surface area contributed by atoms with Crippen molar-refractivity contribution in [3.8, 4) is 0 Å². The Morgan fingerprint density at radius 1 is 1.38 bits per heavy atom. The number of hydrogen-bond donors (Lipinski definition) is 1. The fraction of sp³-hybridized carbons (Fsp3) is 0.353. The van der Waals surface area contributed by atoms with Crippen LogP contribution < -0.4 is 5.32 Å². The monoisotopic (exact) mass is 434 g/mol. The van der Waals surface area contributed by atoms with Crippen molar-refractivity contribution < 1.29 is 9.63 Å². The Morgan fingerprint density at radius 2 is 2.17 bits per heavy atom. The van der Waals surface area contributed by atoms with Crippen LogP contribution >= 0.6 is 22.9 Å². The summed E-state index contributed by atoms with van der Waals surface area (Å²) in [6.45, 7) is 7.35. The van der Waals surface area contributed by atoms with Crippen LogP contribution in [0, 0.1) is 12.3 Å².